The fourth-order valence-electron chi connectivity index (χ4n) is 6.50. The van der Waals surface area contributed by atoms with E-state index in [4.69, 9.17) is 0 Å². The third-order valence-corrected chi connectivity index (χ3v) is 8.70. The summed E-state index contributed by atoms with van der Waals surface area (Å²) in [5, 5.41) is 15.2. The average molecular weight is 492 g/mol. The Bertz CT molecular complexity index is 1110. The molecule has 0 aromatic heterocycles. The molecular formula is C27H33N5O4. The number of carbonyl (C=O) groups excluding carboxylic acids is 4. The van der Waals surface area contributed by atoms with Crippen LogP contribution in [0.25, 0.3) is 0 Å². The van der Waals surface area contributed by atoms with Gasteiger partial charge in [-0.2, -0.15) is 5.26 Å². The number of fused-ring (bicyclic) bond motifs is 1. The van der Waals surface area contributed by atoms with E-state index in [1.807, 2.05) is 30.3 Å². The van der Waals surface area contributed by atoms with Crippen molar-refractivity contribution in [2.75, 3.05) is 19.6 Å². The maximum atomic E-state index is 13.6. The number of benzene rings is 1. The lowest BCUT2D eigenvalue weighted by Crippen LogP contribution is -2.53. The first-order valence-corrected chi connectivity index (χ1v) is 12.8. The van der Waals surface area contributed by atoms with Crippen molar-refractivity contribution in [2.45, 2.75) is 51.7 Å². The van der Waals surface area contributed by atoms with Crippen molar-refractivity contribution >= 4 is 23.6 Å². The summed E-state index contributed by atoms with van der Waals surface area (Å²) in [6.07, 6.45) is 1.05. The van der Waals surface area contributed by atoms with Crippen LogP contribution in [0.4, 0.5) is 0 Å². The Balaban J connectivity index is 1.26. The Morgan fingerprint density at radius 2 is 1.97 bits per heavy atom. The Morgan fingerprint density at radius 3 is 2.64 bits per heavy atom. The van der Waals surface area contributed by atoms with Crippen molar-refractivity contribution in [3.63, 3.8) is 0 Å². The molecule has 3 heterocycles. The molecule has 4 aliphatic rings. The van der Waals surface area contributed by atoms with Crippen molar-refractivity contribution in [2.24, 2.45) is 29.1 Å². The van der Waals surface area contributed by atoms with Crippen molar-refractivity contribution in [1.82, 2.24) is 20.4 Å². The molecule has 0 spiro atoms. The van der Waals surface area contributed by atoms with Crippen LogP contribution in [-0.2, 0) is 25.7 Å². The number of nitrogens with one attached hydrogen (secondary N) is 2. The zero-order valence-electron chi connectivity index (χ0n) is 20.8. The van der Waals surface area contributed by atoms with Gasteiger partial charge in [0, 0.05) is 38.5 Å². The van der Waals surface area contributed by atoms with Gasteiger partial charge in [0.05, 0.1) is 12.0 Å². The molecule has 1 aromatic carbocycles. The van der Waals surface area contributed by atoms with Gasteiger partial charge in [-0.05, 0) is 35.7 Å². The number of nitriles is 1. The molecule has 5 rings (SSSR count). The molecule has 0 unspecified atom stereocenters. The lowest BCUT2D eigenvalue weighted by Gasteiger charge is -2.32. The molecule has 4 fully saturated rings. The number of nitrogens with zero attached hydrogens (tertiary/aromatic N) is 3. The van der Waals surface area contributed by atoms with E-state index < -0.39 is 18.0 Å². The second-order valence-electron chi connectivity index (χ2n) is 11.3. The molecule has 2 N–H and O–H groups in total. The van der Waals surface area contributed by atoms with Crippen LogP contribution in [0.2, 0.25) is 0 Å². The highest BCUT2D eigenvalue weighted by Gasteiger charge is 2.69. The average Bonchev–Trinajstić information content (AvgIpc) is 3.33. The highest BCUT2D eigenvalue weighted by Crippen LogP contribution is 2.65. The molecule has 190 valence electrons. The van der Waals surface area contributed by atoms with Gasteiger partial charge in [0.15, 0.2) is 0 Å². The van der Waals surface area contributed by atoms with Crippen LogP contribution in [0.15, 0.2) is 30.3 Å². The predicted molar refractivity (Wildman–Crippen MR) is 130 cm³/mol. The fourth-order valence-corrected chi connectivity index (χ4v) is 6.50. The van der Waals surface area contributed by atoms with Crippen molar-refractivity contribution in [3.05, 3.63) is 35.9 Å². The minimum atomic E-state index is -0.793. The minimum absolute atomic E-state index is 0.0214. The number of hydrogen-bond donors (Lipinski definition) is 2. The Hall–Kier alpha value is -3.41. The number of rotatable bonds is 7. The van der Waals surface area contributed by atoms with Crippen LogP contribution < -0.4 is 10.6 Å². The highest BCUT2D eigenvalue weighted by molar-refractivity contribution is 5.94. The number of likely N-dealkylation sites (tertiary alicyclic amines) is 2. The fraction of sp³-hybridized carbons (Fsp3) is 0.593. The Morgan fingerprint density at radius 1 is 1.22 bits per heavy atom. The lowest BCUT2D eigenvalue weighted by molar-refractivity contribution is -0.143. The molecule has 9 heteroatoms. The molecule has 3 aliphatic heterocycles. The minimum Gasteiger partial charge on any atom is -0.356 e. The molecule has 3 saturated heterocycles. The maximum absolute atomic E-state index is 13.6. The van der Waals surface area contributed by atoms with E-state index in [1.54, 1.807) is 9.80 Å². The van der Waals surface area contributed by atoms with Gasteiger partial charge in [-0.25, -0.2) is 0 Å². The summed E-state index contributed by atoms with van der Waals surface area (Å²) in [5.41, 5.74) is 0.954. The summed E-state index contributed by atoms with van der Waals surface area (Å²) in [6.45, 7) is 6.09. The lowest BCUT2D eigenvalue weighted by atomic mass is 9.96. The molecule has 9 nitrogen and oxygen atoms in total. The number of carbonyl (C=O) groups is 4. The summed E-state index contributed by atoms with van der Waals surface area (Å²) >= 11 is 0. The molecule has 6 atom stereocenters. The van der Waals surface area contributed by atoms with E-state index in [9.17, 15) is 24.4 Å². The van der Waals surface area contributed by atoms with Crippen molar-refractivity contribution in [3.8, 4) is 6.07 Å². The zero-order valence-corrected chi connectivity index (χ0v) is 20.8. The first-order valence-electron chi connectivity index (χ1n) is 12.8. The first-order chi connectivity index (χ1) is 17.2. The smallest absolute Gasteiger partial charge is 0.244 e. The molecule has 1 saturated carbocycles. The third kappa shape index (κ3) is 4.34. The monoisotopic (exact) mass is 491 g/mol. The molecule has 4 amide bonds. The van der Waals surface area contributed by atoms with Crippen LogP contribution in [-0.4, -0.2) is 65.1 Å². The van der Waals surface area contributed by atoms with Gasteiger partial charge in [-0.15, -0.1) is 0 Å². The second kappa shape index (κ2) is 9.23. The number of hydrogen-bond acceptors (Lipinski definition) is 5. The molecule has 1 aromatic rings. The van der Waals surface area contributed by atoms with Crippen LogP contribution in [0.1, 0.15) is 38.7 Å². The van der Waals surface area contributed by atoms with E-state index >= 15 is 0 Å². The van der Waals surface area contributed by atoms with E-state index in [0.717, 1.165) is 5.56 Å². The van der Waals surface area contributed by atoms with Crippen LogP contribution in [0.5, 0.6) is 0 Å². The quantitative estimate of drug-likeness (QED) is 0.590. The van der Waals surface area contributed by atoms with Gasteiger partial charge >= 0.3 is 0 Å². The number of piperidine rings is 1. The Labute approximate surface area is 211 Å². The van der Waals surface area contributed by atoms with E-state index in [0.29, 0.717) is 32.6 Å². The van der Waals surface area contributed by atoms with Gasteiger partial charge in [-0.3, -0.25) is 19.2 Å². The molecule has 36 heavy (non-hydrogen) atoms. The Kier molecular flexibility index (Phi) is 6.23. The van der Waals surface area contributed by atoms with Crippen molar-refractivity contribution in [1.29, 1.82) is 5.26 Å². The van der Waals surface area contributed by atoms with Gasteiger partial charge < -0.3 is 20.4 Å². The van der Waals surface area contributed by atoms with E-state index in [1.165, 1.54) is 0 Å². The van der Waals surface area contributed by atoms with Gasteiger partial charge in [0.1, 0.15) is 12.1 Å². The normalized spacial score (nSPS) is 31.0. The van der Waals surface area contributed by atoms with Gasteiger partial charge in [0.2, 0.25) is 23.6 Å². The SMILES string of the molecule is CC1(C)[C@@H]2[C@@H](C(=O)N[C@H](C#N)C[C@@H]3CCNC3=O)N(C(=O)[C@@H]3CC(=O)N(Cc4ccccc4)C3)C[C@@H]21. The molecule has 1 aliphatic carbocycles. The maximum Gasteiger partial charge on any atom is 0.244 e. The third-order valence-electron chi connectivity index (χ3n) is 8.70. The van der Waals surface area contributed by atoms with Crippen molar-refractivity contribution < 1.29 is 19.2 Å². The van der Waals surface area contributed by atoms with Crippen LogP contribution in [0, 0.1) is 40.4 Å². The topological polar surface area (TPSA) is 123 Å². The number of amides is 4. The highest BCUT2D eigenvalue weighted by atomic mass is 16.2. The molecule has 0 bridgehead atoms. The summed E-state index contributed by atoms with van der Waals surface area (Å²) in [6, 6.07) is 10.4. The predicted octanol–water partition coefficient (Wildman–Crippen LogP) is 1.05. The second-order valence-corrected chi connectivity index (χ2v) is 11.3. The van der Waals surface area contributed by atoms with Crippen LogP contribution >= 0.6 is 0 Å². The summed E-state index contributed by atoms with van der Waals surface area (Å²) < 4.78 is 0. The summed E-state index contributed by atoms with van der Waals surface area (Å²) in [4.78, 5) is 55.1. The van der Waals surface area contributed by atoms with Gasteiger partial charge in [-0.1, -0.05) is 44.2 Å². The van der Waals surface area contributed by atoms with Crippen LogP contribution in [0.3, 0.4) is 0 Å². The summed E-state index contributed by atoms with van der Waals surface area (Å²) in [7, 11) is 0. The molecule has 0 radical (unpaired) electrons. The van der Waals surface area contributed by atoms with Gasteiger partial charge in [0.25, 0.3) is 0 Å². The van der Waals surface area contributed by atoms with E-state index in [-0.39, 0.29) is 59.6 Å². The van der Waals surface area contributed by atoms with E-state index in [2.05, 4.69) is 30.6 Å². The standard InChI is InChI=1S/C27H33N5O4/c1-27(2)20-15-32(26(36)18-11-21(33)31(14-18)13-16-6-4-3-5-7-16)23(22(20)27)25(35)30-19(12-28)10-17-8-9-29-24(17)34/h3-7,17-20,22-23H,8-11,13-15H2,1-2H3,(H,29,34)(H,30,35)/t17-,18+,19-,20-,22-,23-/m0/s1. The zero-order chi connectivity index (χ0) is 25.6. The largest absolute Gasteiger partial charge is 0.356 e. The molecular weight excluding hydrogens is 458 g/mol. The first kappa shape index (κ1) is 24.3. The summed E-state index contributed by atoms with van der Waals surface area (Å²) in [5.74, 6) is -1.17.